The largest absolute Gasteiger partial charge is 0.466 e. The van der Waals surface area contributed by atoms with Gasteiger partial charge in [-0.05, 0) is 67.2 Å². The van der Waals surface area contributed by atoms with Crippen LogP contribution in [0, 0.1) is 11.3 Å². The monoisotopic (exact) mass is 380 g/mol. The third-order valence-electron chi connectivity index (χ3n) is 5.69. The molecule has 3 nitrogen and oxygen atoms in total. The van der Waals surface area contributed by atoms with Crippen molar-refractivity contribution >= 4 is 21.9 Å². The van der Waals surface area contributed by atoms with Gasteiger partial charge in [0.05, 0.1) is 18.6 Å². The Kier molecular flexibility index (Phi) is 4.84. The summed E-state index contributed by atoms with van der Waals surface area (Å²) in [5, 5.41) is 0. The van der Waals surface area contributed by atoms with E-state index in [4.69, 9.17) is 9.47 Å². The van der Waals surface area contributed by atoms with E-state index in [1.165, 1.54) is 5.56 Å². The minimum atomic E-state index is -0.143. The molecule has 0 N–H and O–H groups in total. The lowest BCUT2D eigenvalue weighted by atomic mass is 9.62. The van der Waals surface area contributed by atoms with Crippen molar-refractivity contribution < 1.29 is 14.3 Å². The molecule has 0 aromatic heterocycles. The number of methoxy groups -OCH3 is 1. The Morgan fingerprint density at radius 3 is 2.87 bits per heavy atom. The van der Waals surface area contributed by atoms with Gasteiger partial charge >= 0.3 is 5.97 Å². The molecule has 4 atom stereocenters. The standard InChI is InChI=1S/C19H25BrO3/c1-4-23-18(21)17-15-9-14(20)6-5-13(15)11-19(17)8-7-16(22-3)12(2)10-19/h5-6,9,12,16-17H,4,7-8,10-11H2,1-3H3. The van der Waals surface area contributed by atoms with Crippen molar-refractivity contribution in [1.82, 2.24) is 0 Å². The number of carbonyl (C=O) groups excluding carboxylic acids is 1. The molecule has 1 aromatic rings. The maximum absolute atomic E-state index is 12.8. The third kappa shape index (κ3) is 2.96. The van der Waals surface area contributed by atoms with Crippen LogP contribution < -0.4 is 0 Å². The number of fused-ring (bicyclic) bond motifs is 1. The molecule has 4 heteroatoms. The number of esters is 1. The van der Waals surface area contributed by atoms with Gasteiger partial charge in [0.25, 0.3) is 0 Å². The molecule has 0 saturated heterocycles. The Hall–Kier alpha value is -0.870. The van der Waals surface area contributed by atoms with E-state index in [0.29, 0.717) is 18.6 Å². The molecule has 4 unspecified atom stereocenters. The highest BCUT2D eigenvalue weighted by Gasteiger charge is 2.53. The summed E-state index contributed by atoms with van der Waals surface area (Å²) < 4.78 is 12.1. The van der Waals surface area contributed by atoms with Crippen LogP contribution in [-0.4, -0.2) is 25.8 Å². The highest BCUT2D eigenvalue weighted by molar-refractivity contribution is 9.10. The molecule has 0 aliphatic heterocycles. The maximum atomic E-state index is 12.8. The van der Waals surface area contributed by atoms with E-state index >= 15 is 0 Å². The summed E-state index contributed by atoms with van der Waals surface area (Å²) in [6.07, 6.45) is 4.33. The fraction of sp³-hybridized carbons (Fsp3) is 0.632. The summed E-state index contributed by atoms with van der Waals surface area (Å²) in [6, 6.07) is 6.34. The van der Waals surface area contributed by atoms with Crippen LogP contribution in [0.4, 0.5) is 0 Å². The smallest absolute Gasteiger partial charge is 0.313 e. The number of halogens is 1. The molecule has 0 radical (unpaired) electrons. The second-order valence-electron chi connectivity index (χ2n) is 7.06. The Bertz CT molecular complexity index is 600. The molecule has 0 amide bonds. The van der Waals surface area contributed by atoms with E-state index in [2.05, 4.69) is 41.1 Å². The van der Waals surface area contributed by atoms with Gasteiger partial charge in [0.1, 0.15) is 0 Å². The second-order valence-corrected chi connectivity index (χ2v) is 7.98. The molecule has 126 valence electrons. The van der Waals surface area contributed by atoms with E-state index in [1.54, 1.807) is 7.11 Å². The summed E-state index contributed by atoms with van der Waals surface area (Å²) in [7, 11) is 1.79. The Labute approximate surface area is 146 Å². The van der Waals surface area contributed by atoms with Crippen molar-refractivity contribution in [3.05, 3.63) is 33.8 Å². The Morgan fingerprint density at radius 2 is 2.22 bits per heavy atom. The van der Waals surface area contributed by atoms with Crippen molar-refractivity contribution in [3.8, 4) is 0 Å². The predicted octanol–water partition coefficient (Wildman–Crippen LogP) is 4.47. The van der Waals surface area contributed by atoms with Crippen LogP contribution in [0.5, 0.6) is 0 Å². The van der Waals surface area contributed by atoms with Gasteiger partial charge in [-0.1, -0.05) is 28.9 Å². The molecule has 1 fully saturated rings. The molecule has 0 heterocycles. The van der Waals surface area contributed by atoms with Gasteiger partial charge < -0.3 is 9.47 Å². The van der Waals surface area contributed by atoms with Crippen molar-refractivity contribution in [3.63, 3.8) is 0 Å². The quantitative estimate of drug-likeness (QED) is 0.725. The SMILES string of the molecule is CCOC(=O)C1c2cc(Br)ccc2CC12CCC(OC)C(C)C2. The number of rotatable bonds is 3. The molecular formula is C19H25BrO3. The van der Waals surface area contributed by atoms with Crippen molar-refractivity contribution in [2.75, 3.05) is 13.7 Å². The van der Waals surface area contributed by atoms with Gasteiger partial charge in [0.15, 0.2) is 0 Å². The first-order chi connectivity index (χ1) is 11.0. The normalized spacial score (nSPS) is 32.8. The topological polar surface area (TPSA) is 35.5 Å². The van der Waals surface area contributed by atoms with Crippen LogP contribution >= 0.6 is 15.9 Å². The molecular weight excluding hydrogens is 356 g/mol. The predicted molar refractivity (Wildman–Crippen MR) is 93.5 cm³/mol. The summed E-state index contributed by atoms with van der Waals surface area (Å²) in [4.78, 5) is 12.8. The molecule has 3 rings (SSSR count). The van der Waals surface area contributed by atoms with E-state index in [1.807, 2.05) is 6.92 Å². The van der Waals surface area contributed by atoms with Crippen LogP contribution in [0.15, 0.2) is 22.7 Å². The first-order valence-electron chi connectivity index (χ1n) is 8.48. The van der Waals surface area contributed by atoms with Crippen LogP contribution in [0.1, 0.15) is 50.2 Å². The van der Waals surface area contributed by atoms with E-state index in [-0.39, 0.29) is 17.3 Å². The van der Waals surface area contributed by atoms with Gasteiger partial charge in [-0.25, -0.2) is 0 Å². The number of ether oxygens (including phenoxy) is 2. The van der Waals surface area contributed by atoms with Crippen LogP contribution in [0.25, 0.3) is 0 Å². The number of benzene rings is 1. The van der Waals surface area contributed by atoms with Gasteiger partial charge in [0.2, 0.25) is 0 Å². The van der Waals surface area contributed by atoms with E-state index in [9.17, 15) is 4.79 Å². The summed E-state index contributed by atoms with van der Waals surface area (Å²) in [5.41, 5.74) is 2.44. The Morgan fingerprint density at radius 1 is 1.43 bits per heavy atom. The fourth-order valence-electron chi connectivity index (χ4n) is 4.77. The molecule has 23 heavy (non-hydrogen) atoms. The van der Waals surface area contributed by atoms with Crippen molar-refractivity contribution in [1.29, 1.82) is 0 Å². The minimum Gasteiger partial charge on any atom is -0.466 e. The molecule has 1 aromatic carbocycles. The third-order valence-corrected chi connectivity index (χ3v) is 6.18. The molecule has 1 saturated carbocycles. The van der Waals surface area contributed by atoms with E-state index < -0.39 is 0 Å². The lowest BCUT2D eigenvalue weighted by Crippen LogP contribution is -2.41. The number of carbonyl (C=O) groups is 1. The number of hydrogen-bond donors (Lipinski definition) is 0. The average Bonchev–Trinajstić information content (AvgIpc) is 2.80. The summed E-state index contributed by atoms with van der Waals surface area (Å²) in [6.45, 7) is 4.56. The van der Waals surface area contributed by atoms with Gasteiger partial charge in [-0.2, -0.15) is 0 Å². The lowest BCUT2D eigenvalue weighted by molar-refractivity contribution is -0.150. The van der Waals surface area contributed by atoms with Crippen LogP contribution in [0.2, 0.25) is 0 Å². The van der Waals surface area contributed by atoms with Crippen LogP contribution in [-0.2, 0) is 20.7 Å². The lowest BCUT2D eigenvalue weighted by Gasteiger charge is -2.43. The Balaban J connectivity index is 1.98. The van der Waals surface area contributed by atoms with Crippen molar-refractivity contribution in [2.45, 2.75) is 51.6 Å². The zero-order valence-corrected chi connectivity index (χ0v) is 15.7. The van der Waals surface area contributed by atoms with Gasteiger partial charge in [-0.15, -0.1) is 0 Å². The summed E-state index contributed by atoms with van der Waals surface area (Å²) >= 11 is 3.55. The highest BCUT2D eigenvalue weighted by atomic mass is 79.9. The zero-order chi connectivity index (χ0) is 16.6. The van der Waals surface area contributed by atoms with E-state index in [0.717, 1.165) is 35.7 Å². The maximum Gasteiger partial charge on any atom is 0.313 e. The van der Waals surface area contributed by atoms with Gasteiger partial charge in [0, 0.05) is 11.6 Å². The zero-order valence-electron chi connectivity index (χ0n) is 14.1. The molecule has 1 spiro atoms. The molecule has 0 bridgehead atoms. The second kappa shape index (κ2) is 6.56. The van der Waals surface area contributed by atoms with Gasteiger partial charge in [-0.3, -0.25) is 4.79 Å². The molecule has 2 aliphatic carbocycles. The first kappa shape index (κ1) is 17.0. The highest BCUT2D eigenvalue weighted by Crippen LogP contribution is 2.57. The number of hydrogen-bond acceptors (Lipinski definition) is 3. The fourth-order valence-corrected chi connectivity index (χ4v) is 5.15. The average molecular weight is 381 g/mol. The summed E-state index contributed by atoms with van der Waals surface area (Å²) in [5.74, 6) is 0.256. The minimum absolute atomic E-state index is 0.0101. The molecule has 2 aliphatic rings. The van der Waals surface area contributed by atoms with Crippen LogP contribution in [0.3, 0.4) is 0 Å². The van der Waals surface area contributed by atoms with Crippen molar-refractivity contribution in [2.24, 2.45) is 11.3 Å². The first-order valence-corrected chi connectivity index (χ1v) is 9.28.